The highest BCUT2D eigenvalue weighted by molar-refractivity contribution is 6.31. The summed E-state index contributed by atoms with van der Waals surface area (Å²) < 4.78 is 1.75. The number of halogens is 1. The Morgan fingerprint density at radius 2 is 2.10 bits per heavy atom. The van der Waals surface area contributed by atoms with Gasteiger partial charge in [0.2, 0.25) is 0 Å². The highest BCUT2D eigenvalue weighted by Crippen LogP contribution is 2.20. The van der Waals surface area contributed by atoms with Crippen molar-refractivity contribution < 1.29 is 14.7 Å². The van der Waals surface area contributed by atoms with Crippen molar-refractivity contribution in [3.63, 3.8) is 0 Å². The molecular formula is C14H14ClN3O3. The Bertz CT molecular complexity index is 695. The van der Waals surface area contributed by atoms with Gasteiger partial charge in [-0.2, -0.15) is 0 Å². The molecule has 7 heteroatoms. The number of nitrogens with one attached hydrogen (secondary N) is 1. The fourth-order valence-electron chi connectivity index (χ4n) is 1.88. The van der Waals surface area contributed by atoms with Gasteiger partial charge >= 0.3 is 5.97 Å². The average Bonchev–Trinajstić information content (AvgIpc) is 2.81. The van der Waals surface area contributed by atoms with E-state index in [1.165, 1.54) is 18.3 Å². The third-order valence-electron chi connectivity index (χ3n) is 2.84. The summed E-state index contributed by atoms with van der Waals surface area (Å²) >= 11 is 5.93. The second kappa shape index (κ2) is 5.97. The summed E-state index contributed by atoms with van der Waals surface area (Å²) in [6, 6.07) is 4.46. The molecule has 21 heavy (non-hydrogen) atoms. The van der Waals surface area contributed by atoms with Crippen molar-refractivity contribution in [3.8, 4) is 0 Å². The summed E-state index contributed by atoms with van der Waals surface area (Å²) in [7, 11) is 0. The van der Waals surface area contributed by atoms with Crippen LogP contribution in [0.5, 0.6) is 0 Å². The third kappa shape index (κ3) is 3.41. The maximum atomic E-state index is 12.3. The molecule has 0 radical (unpaired) electrons. The molecule has 0 aliphatic carbocycles. The molecule has 0 spiro atoms. The zero-order chi connectivity index (χ0) is 15.6. The van der Waals surface area contributed by atoms with Crippen LogP contribution in [0.4, 0.5) is 5.69 Å². The molecule has 0 atom stereocenters. The molecule has 1 amide bonds. The number of pyridine rings is 1. The number of rotatable bonds is 4. The molecule has 0 saturated heterocycles. The van der Waals surface area contributed by atoms with Crippen LogP contribution in [0.15, 0.2) is 30.6 Å². The van der Waals surface area contributed by atoms with Gasteiger partial charge in [-0.05, 0) is 32.0 Å². The lowest BCUT2D eigenvalue weighted by atomic mass is 10.3. The maximum Gasteiger partial charge on any atom is 0.354 e. The van der Waals surface area contributed by atoms with Crippen molar-refractivity contribution >= 4 is 29.2 Å². The van der Waals surface area contributed by atoms with Crippen LogP contribution in [-0.4, -0.2) is 26.5 Å². The minimum atomic E-state index is -1.15. The van der Waals surface area contributed by atoms with E-state index in [9.17, 15) is 9.59 Å². The van der Waals surface area contributed by atoms with Gasteiger partial charge in [-0.1, -0.05) is 11.6 Å². The number of carbonyl (C=O) groups excluding carboxylic acids is 1. The Morgan fingerprint density at radius 3 is 2.71 bits per heavy atom. The van der Waals surface area contributed by atoms with Crippen molar-refractivity contribution in [2.24, 2.45) is 0 Å². The second-order valence-corrected chi connectivity index (χ2v) is 5.17. The summed E-state index contributed by atoms with van der Waals surface area (Å²) in [4.78, 5) is 26.8. The van der Waals surface area contributed by atoms with Crippen molar-refractivity contribution in [1.82, 2.24) is 9.55 Å². The van der Waals surface area contributed by atoms with Crippen LogP contribution in [0.25, 0.3) is 0 Å². The zero-order valence-electron chi connectivity index (χ0n) is 11.5. The lowest BCUT2D eigenvalue weighted by Crippen LogP contribution is -2.18. The number of hydrogen-bond acceptors (Lipinski definition) is 3. The summed E-state index contributed by atoms with van der Waals surface area (Å²) in [6.07, 6.45) is 3.00. The molecule has 6 nitrogen and oxygen atoms in total. The molecule has 110 valence electrons. The summed E-state index contributed by atoms with van der Waals surface area (Å²) in [6.45, 7) is 3.87. The number of aromatic nitrogens is 2. The van der Waals surface area contributed by atoms with E-state index in [0.29, 0.717) is 16.4 Å². The second-order valence-electron chi connectivity index (χ2n) is 4.73. The Balaban J connectivity index is 2.26. The van der Waals surface area contributed by atoms with Crippen molar-refractivity contribution in [2.75, 3.05) is 5.32 Å². The topological polar surface area (TPSA) is 84.2 Å². The van der Waals surface area contributed by atoms with E-state index in [1.807, 2.05) is 13.8 Å². The first kappa shape index (κ1) is 15.1. The van der Waals surface area contributed by atoms with Crippen LogP contribution in [0.2, 0.25) is 5.02 Å². The normalized spacial score (nSPS) is 10.7. The maximum absolute atomic E-state index is 12.3. The van der Waals surface area contributed by atoms with Crippen LogP contribution < -0.4 is 5.32 Å². The van der Waals surface area contributed by atoms with Crippen LogP contribution in [0.1, 0.15) is 40.9 Å². The molecule has 2 aromatic rings. The molecule has 2 aromatic heterocycles. The number of carbonyl (C=O) groups is 2. The largest absolute Gasteiger partial charge is 0.477 e. The van der Waals surface area contributed by atoms with Gasteiger partial charge in [0.1, 0.15) is 11.4 Å². The number of carboxylic acid groups (broad SMARTS) is 1. The molecule has 2 heterocycles. The van der Waals surface area contributed by atoms with Crippen LogP contribution in [0, 0.1) is 0 Å². The van der Waals surface area contributed by atoms with Gasteiger partial charge in [-0.15, -0.1) is 0 Å². The third-order valence-corrected chi connectivity index (χ3v) is 3.05. The average molecular weight is 308 g/mol. The molecule has 0 aromatic carbocycles. The summed E-state index contributed by atoms with van der Waals surface area (Å²) in [5.74, 6) is -1.52. The van der Waals surface area contributed by atoms with Crippen LogP contribution in [-0.2, 0) is 0 Å². The summed E-state index contributed by atoms with van der Waals surface area (Å²) in [5, 5.41) is 12.0. The van der Waals surface area contributed by atoms with E-state index in [-0.39, 0.29) is 17.6 Å². The lowest BCUT2D eigenvalue weighted by Gasteiger charge is -2.12. The fraction of sp³-hybridized carbons (Fsp3) is 0.214. The molecule has 0 aliphatic heterocycles. The van der Waals surface area contributed by atoms with Gasteiger partial charge in [0.15, 0.2) is 0 Å². The molecule has 0 fully saturated rings. The Hall–Kier alpha value is -2.34. The molecule has 2 rings (SSSR count). The Kier molecular flexibility index (Phi) is 4.28. The molecule has 0 unspecified atom stereocenters. The molecular weight excluding hydrogens is 294 g/mol. The molecule has 0 bridgehead atoms. The monoisotopic (exact) mass is 307 g/mol. The standard InChI is InChI=1S/C14H14ClN3O3/c1-8(2)18-7-9(15)5-12(18)13(19)17-10-3-4-16-11(6-10)14(20)21/h3-8H,1-2H3,(H,20,21)(H,16,17,19). The lowest BCUT2D eigenvalue weighted by molar-refractivity contribution is 0.0690. The predicted octanol–water partition coefficient (Wildman–Crippen LogP) is 3.07. The van der Waals surface area contributed by atoms with Crippen molar-refractivity contribution in [2.45, 2.75) is 19.9 Å². The zero-order valence-corrected chi connectivity index (χ0v) is 12.3. The first-order valence-corrected chi connectivity index (χ1v) is 6.64. The van der Waals surface area contributed by atoms with Gasteiger partial charge < -0.3 is 15.0 Å². The number of anilines is 1. The number of aromatic carboxylic acids is 1. The van der Waals surface area contributed by atoms with Gasteiger partial charge in [0, 0.05) is 24.1 Å². The van der Waals surface area contributed by atoms with Gasteiger partial charge in [-0.3, -0.25) is 4.79 Å². The van der Waals surface area contributed by atoms with Gasteiger partial charge in [-0.25, -0.2) is 9.78 Å². The Labute approximate surface area is 126 Å². The Morgan fingerprint density at radius 1 is 1.38 bits per heavy atom. The van der Waals surface area contributed by atoms with E-state index in [2.05, 4.69) is 10.3 Å². The summed E-state index contributed by atoms with van der Waals surface area (Å²) in [5.41, 5.74) is 0.633. The van der Waals surface area contributed by atoms with E-state index < -0.39 is 5.97 Å². The number of carboxylic acids is 1. The molecule has 0 aliphatic rings. The number of hydrogen-bond donors (Lipinski definition) is 2. The highest BCUT2D eigenvalue weighted by atomic mass is 35.5. The van der Waals surface area contributed by atoms with Crippen LogP contribution in [0.3, 0.4) is 0 Å². The highest BCUT2D eigenvalue weighted by Gasteiger charge is 2.16. The quantitative estimate of drug-likeness (QED) is 0.909. The number of nitrogens with zero attached hydrogens (tertiary/aromatic N) is 2. The predicted molar refractivity (Wildman–Crippen MR) is 79.0 cm³/mol. The minimum Gasteiger partial charge on any atom is -0.477 e. The van der Waals surface area contributed by atoms with E-state index in [1.54, 1.807) is 16.8 Å². The van der Waals surface area contributed by atoms with Gasteiger partial charge in [0.05, 0.1) is 5.02 Å². The SMILES string of the molecule is CC(C)n1cc(Cl)cc1C(=O)Nc1ccnc(C(=O)O)c1. The van der Waals surface area contributed by atoms with E-state index >= 15 is 0 Å². The number of amides is 1. The van der Waals surface area contributed by atoms with Crippen LogP contribution >= 0.6 is 11.6 Å². The van der Waals surface area contributed by atoms with Crippen molar-refractivity contribution in [3.05, 3.63) is 47.0 Å². The molecule has 2 N–H and O–H groups in total. The van der Waals surface area contributed by atoms with E-state index in [0.717, 1.165) is 0 Å². The molecule has 0 saturated carbocycles. The van der Waals surface area contributed by atoms with Crippen molar-refractivity contribution in [1.29, 1.82) is 0 Å². The first-order chi connectivity index (χ1) is 9.88. The smallest absolute Gasteiger partial charge is 0.354 e. The fourth-order valence-corrected chi connectivity index (χ4v) is 2.08. The minimum absolute atomic E-state index is 0.0743. The van der Waals surface area contributed by atoms with Gasteiger partial charge in [0.25, 0.3) is 5.91 Å². The first-order valence-electron chi connectivity index (χ1n) is 6.26. The van der Waals surface area contributed by atoms with E-state index in [4.69, 9.17) is 16.7 Å².